The number of aryl methyl sites for hydroxylation is 1. The predicted octanol–water partition coefficient (Wildman–Crippen LogP) is 4.36. The van der Waals surface area contributed by atoms with E-state index in [1.807, 2.05) is 19.1 Å². The lowest BCUT2D eigenvalue weighted by molar-refractivity contribution is 0.475. The zero-order valence-electron chi connectivity index (χ0n) is 9.47. The van der Waals surface area contributed by atoms with Crippen LogP contribution in [0, 0.1) is 5.82 Å². The van der Waals surface area contributed by atoms with Crippen LogP contribution in [0.1, 0.15) is 18.4 Å². The summed E-state index contributed by atoms with van der Waals surface area (Å²) in [7, 11) is 0. The van der Waals surface area contributed by atoms with Crippen molar-refractivity contribution in [2.24, 2.45) is 0 Å². The molecule has 0 bridgehead atoms. The van der Waals surface area contributed by atoms with E-state index >= 15 is 0 Å². The first-order valence-corrected chi connectivity index (χ1v) is 6.25. The molecule has 0 spiro atoms. The molecule has 0 radical (unpaired) electrons. The fourth-order valence-corrected chi connectivity index (χ4v) is 1.86. The van der Waals surface area contributed by atoms with Crippen LogP contribution in [0.3, 0.4) is 0 Å². The van der Waals surface area contributed by atoms with E-state index in [2.05, 4.69) is 21.2 Å². The van der Waals surface area contributed by atoms with Crippen LogP contribution in [0.4, 0.5) is 10.1 Å². The van der Waals surface area contributed by atoms with Gasteiger partial charge in [-0.25, -0.2) is 4.39 Å². The van der Waals surface area contributed by atoms with Gasteiger partial charge < -0.3 is 9.73 Å². The molecule has 90 valence electrons. The van der Waals surface area contributed by atoms with Crippen molar-refractivity contribution >= 4 is 21.6 Å². The summed E-state index contributed by atoms with van der Waals surface area (Å²) in [5.74, 6) is 1.48. The highest BCUT2D eigenvalue weighted by Crippen LogP contribution is 2.20. The standard InChI is InChI=1S/C13H13BrFNO/c1-2-10-4-5-11(17-10)8-16-13-6-3-9(14)7-12(13)15/h3-7,16H,2,8H2,1H3. The lowest BCUT2D eigenvalue weighted by Gasteiger charge is -2.05. The molecule has 0 aliphatic heterocycles. The topological polar surface area (TPSA) is 25.2 Å². The van der Waals surface area contributed by atoms with E-state index in [1.165, 1.54) is 6.07 Å². The molecule has 0 unspecified atom stereocenters. The van der Waals surface area contributed by atoms with Crippen LogP contribution in [-0.2, 0) is 13.0 Å². The monoisotopic (exact) mass is 297 g/mol. The third kappa shape index (κ3) is 3.09. The molecule has 1 heterocycles. The molecular weight excluding hydrogens is 285 g/mol. The maximum atomic E-state index is 13.5. The van der Waals surface area contributed by atoms with Gasteiger partial charge in [0.05, 0.1) is 12.2 Å². The molecule has 0 saturated heterocycles. The molecule has 0 aliphatic rings. The Labute approximate surface area is 108 Å². The van der Waals surface area contributed by atoms with Crippen LogP contribution < -0.4 is 5.32 Å². The van der Waals surface area contributed by atoms with E-state index in [0.29, 0.717) is 12.2 Å². The fourth-order valence-electron chi connectivity index (χ4n) is 1.52. The smallest absolute Gasteiger partial charge is 0.147 e. The molecular formula is C13H13BrFNO. The lowest BCUT2D eigenvalue weighted by Crippen LogP contribution is -2.00. The summed E-state index contributed by atoms with van der Waals surface area (Å²) in [6.07, 6.45) is 0.868. The van der Waals surface area contributed by atoms with E-state index in [1.54, 1.807) is 12.1 Å². The van der Waals surface area contributed by atoms with Crippen LogP contribution >= 0.6 is 15.9 Å². The average Bonchev–Trinajstić information content (AvgIpc) is 2.76. The summed E-state index contributed by atoms with van der Waals surface area (Å²) in [4.78, 5) is 0. The van der Waals surface area contributed by atoms with Crippen LogP contribution in [0.2, 0.25) is 0 Å². The third-order valence-corrected chi connectivity index (χ3v) is 2.94. The molecule has 4 heteroatoms. The van der Waals surface area contributed by atoms with Crippen molar-refractivity contribution in [1.82, 2.24) is 0 Å². The minimum atomic E-state index is -0.276. The number of anilines is 1. The van der Waals surface area contributed by atoms with E-state index < -0.39 is 0 Å². The molecule has 2 aromatic rings. The fraction of sp³-hybridized carbons (Fsp3) is 0.231. The highest BCUT2D eigenvalue weighted by molar-refractivity contribution is 9.10. The van der Waals surface area contributed by atoms with Crippen molar-refractivity contribution in [2.45, 2.75) is 19.9 Å². The van der Waals surface area contributed by atoms with Crippen LogP contribution in [0.15, 0.2) is 39.2 Å². The third-order valence-electron chi connectivity index (χ3n) is 2.45. The summed E-state index contributed by atoms with van der Waals surface area (Å²) in [5, 5.41) is 3.00. The van der Waals surface area contributed by atoms with Gasteiger partial charge in [0.25, 0.3) is 0 Å². The second-order valence-corrected chi connectivity index (χ2v) is 4.61. The number of hydrogen-bond donors (Lipinski definition) is 1. The minimum Gasteiger partial charge on any atom is -0.464 e. The zero-order valence-corrected chi connectivity index (χ0v) is 11.1. The van der Waals surface area contributed by atoms with Gasteiger partial charge in [0.1, 0.15) is 17.3 Å². The highest BCUT2D eigenvalue weighted by Gasteiger charge is 2.04. The Morgan fingerprint density at radius 3 is 2.65 bits per heavy atom. The molecule has 0 fully saturated rings. The predicted molar refractivity (Wildman–Crippen MR) is 69.5 cm³/mol. The normalized spacial score (nSPS) is 10.5. The molecule has 1 aromatic carbocycles. The Morgan fingerprint density at radius 1 is 1.24 bits per heavy atom. The van der Waals surface area contributed by atoms with Gasteiger partial charge in [-0.1, -0.05) is 22.9 Å². The second kappa shape index (κ2) is 5.36. The largest absolute Gasteiger partial charge is 0.464 e. The van der Waals surface area contributed by atoms with Crippen LogP contribution in [0.5, 0.6) is 0 Å². The summed E-state index contributed by atoms with van der Waals surface area (Å²) in [6, 6.07) is 8.77. The maximum absolute atomic E-state index is 13.5. The average molecular weight is 298 g/mol. The molecule has 0 saturated carbocycles. The summed E-state index contributed by atoms with van der Waals surface area (Å²) >= 11 is 3.22. The molecule has 0 amide bonds. The van der Waals surface area contributed by atoms with Gasteiger partial charge in [-0.15, -0.1) is 0 Å². The van der Waals surface area contributed by atoms with Crippen molar-refractivity contribution in [2.75, 3.05) is 5.32 Å². The SMILES string of the molecule is CCc1ccc(CNc2ccc(Br)cc2F)o1. The first-order valence-electron chi connectivity index (χ1n) is 5.45. The van der Waals surface area contributed by atoms with Gasteiger partial charge in [-0.2, -0.15) is 0 Å². The molecule has 2 nitrogen and oxygen atoms in total. The van der Waals surface area contributed by atoms with E-state index in [-0.39, 0.29) is 5.82 Å². The van der Waals surface area contributed by atoms with Gasteiger partial charge in [0.2, 0.25) is 0 Å². The van der Waals surface area contributed by atoms with Gasteiger partial charge in [-0.3, -0.25) is 0 Å². The van der Waals surface area contributed by atoms with Crippen molar-refractivity contribution in [3.63, 3.8) is 0 Å². The van der Waals surface area contributed by atoms with Gasteiger partial charge >= 0.3 is 0 Å². The highest BCUT2D eigenvalue weighted by atomic mass is 79.9. The lowest BCUT2D eigenvalue weighted by atomic mass is 10.3. The summed E-state index contributed by atoms with van der Waals surface area (Å²) < 4.78 is 19.8. The van der Waals surface area contributed by atoms with E-state index in [0.717, 1.165) is 22.4 Å². The summed E-state index contributed by atoms with van der Waals surface area (Å²) in [5.41, 5.74) is 0.475. The first kappa shape index (κ1) is 12.2. The van der Waals surface area contributed by atoms with Crippen LogP contribution in [-0.4, -0.2) is 0 Å². The quantitative estimate of drug-likeness (QED) is 0.907. The number of furan rings is 1. The summed E-state index contributed by atoms with van der Waals surface area (Å²) in [6.45, 7) is 2.52. The van der Waals surface area contributed by atoms with Crippen LogP contribution in [0.25, 0.3) is 0 Å². The Morgan fingerprint density at radius 2 is 2.00 bits per heavy atom. The Balaban J connectivity index is 2.02. The number of nitrogens with one attached hydrogen (secondary N) is 1. The van der Waals surface area contributed by atoms with Gasteiger partial charge in [0, 0.05) is 10.9 Å². The van der Waals surface area contributed by atoms with E-state index in [4.69, 9.17) is 4.42 Å². The molecule has 0 atom stereocenters. The molecule has 0 aliphatic carbocycles. The van der Waals surface area contributed by atoms with Crippen molar-refractivity contribution < 1.29 is 8.81 Å². The molecule has 2 rings (SSSR count). The van der Waals surface area contributed by atoms with Crippen molar-refractivity contribution in [1.29, 1.82) is 0 Å². The number of hydrogen-bond acceptors (Lipinski definition) is 2. The Bertz CT molecular complexity index is 510. The number of halogens is 2. The van der Waals surface area contributed by atoms with Crippen molar-refractivity contribution in [3.05, 3.63) is 52.1 Å². The first-order chi connectivity index (χ1) is 8.19. The molecule has 17 heavy (non-hydrogen) atoms. The second-order valence-electron chi connectivity index (χ2n) is 3.70. The van der Waals surface area contributed by atoms with Crippen molar-refractivity contribution in [3.8, 4) is 0 Å². The number of benzene rings is 1. The Hall–Kier alpha value is -1.29. The maximum Gasteiger partial charge on any atom is 0.147 e. The molecule has 1 N–H and O–H groups in total. The molecule has 1 aromatic heterocycles. The number of rotatable bonds is 4. The zero-order chi connectivity index (χ0) is 12.3. The van der Waals surface area contributed by atoms with Gasteiger partial charge in [-0.05, 0) is 30.3 Å². The Kier molecular flexibility index (Phi) is 3.84. The van der Waals surface area contributed by atoms with Gasteiger partial charge in [0.15, 0.2) is 0 Å². The van der Waals surface area contributed by atoms with E-state index in [9.17, 15) is 4.39 Å². The minimum absolute atomic E-state index is 0.276.